The second-order valence-corrected chi connectivity index (χ2v) is 3.12. The molecule has 0 aliphatic carbocycles. The zero-order chi connectivity index (χ0) is 9.97. The largest absolute Gasteiger partial charge is 0.469 e. The molecule has 0 saturated heterocycles. The third-order valence-corrected chi connectivity index (χ3v) is 1.89. The van der Waals surface area contributed by atoms with Gasteiger partial charge >= 0.3 is 0 Å². The topological polar surface area (TPSA) is 51.2 Å². The minimum atomic E-state index is 0.604. The van der Waals surface area contributed by atoms with E-state index in [1.54, 1.807) is 12.5 Å². The van der Waals surface area contributed by atoms with E-state index in [-0.39, 0.29) is 0 Å². The van der Waals surface area contributed by atoms with Crippen LogP contribution in [0.4, 0.5) is 0 Å². The fourth-order valence-electron chi connectivity index (χ4n) is 1.26. The van der Waals surface area contributed by atoms with Crippen LogP contribution in [0.2, 0.25) is 0 Å². The molecule has 0 atom stereocenters. The van der Waals surface area contributed by atoms with Crippen molar-refractivity contribution in [1.29, 1.82) is 0 Å². The van der Waals surface area contributed by atoms with Crippen LogP contribution in [0.5, 0.6) is 0 Å². The van der Waals surface area contributed by atoms with Crippen LogP contribution in [0.1, 0.15) is 11.5 Å². The molecule has 4 nitrogen and oxygen atoms in total. The maximum Gasteiger partial charge on any atom is 0.229 e. The Labute approximate surface area is 81.9 Å². The summed E-state index contributed by atoms with van der Waals surface area (Å²) >= 11 is 0. The highest BCUT2D eigenvalue weighted by atomic mass is 16.3. The Morgan fingerprint density at radius 1 is 1.36 bits per heavy atom. The molecule has 0 fully saturated rings. The van der Waals surface area contributed by atoms with Crippen LogP contribution in [0.3, 0.4) is 0 Å². The number of rotatable bonds is 3. The maximum absolute atomic E-state index is 5.31. The molecule has 4 heteroatoms. The highest BCUT2D eigenvalue weighted by molar-refractivity contribution is 5.51. The Morgan fingerprint density at radius 2 is 2.21 bits per heavy atom. The monoisotopic (exact) mass is 192 g/mol. The van der Waals surface area contributed by atoms with E-state index < -0.39 is 0 Å². The van der Waals surface area contributed by atoms with E-state index in [0.29, 0.717) is 12.4 Å². The first kappa shape index (κ1) is 9.02. The zero-order valence-electron chi connectivity index (χ0n) is 8.20. The molecular weight excluding hydrogens is 180 g/mol. The molecule has 2 aromatic heterocycles. The summed E-state index contributed by atoms with van der Waals surface area (Å²) in [6, 6.07) is 1.90. The summed E-state index contributed by atoms with van der Waals surface area (Å²) < 4.78 is 10.5. The van der Waals surface area contributed by atoms with E-state index in [4.69, 9.17) is 8.83 Å². The number of aryl methyl sites for hydroxylation is 1. The Bertz CT molecular complexity index is 417. The first-order valence-corrected chi connectivity index (χ1v) is 4.44. The number of aromatic nitrogens is 1. The molecule has 0 spiro atoms. The number of nitrogens with zero attached hydrogens (tertiary/aromatic N) is 1. The van der Waals surface area contributed by atoms with E-state index in [9.17, 15) is 0 Å². The summed E-state index contributed by atoms with van der Waals surface area (Å²) in [6.07, 6.45) is 3.29. The summed E-state index contributed by atoms with van der Waals surface area (Å²) in [4.78, 5) is 4.29. The van der Waals surface area contributed by atoms with Gasteiger partial charge in [0.15, 0.2) is 0 Å². The normalized spacial score (nSPS) is 10.7. The summed E-state index contributed by atoms with van der Waals surface area (Å²) in [5, 5.41) is 3.01. The Hall–Kier alpha value is -1.55. The van der Waals surface area contributed by atoms with Crippen LogP contribution >= 0.6 is 0 Å². The fourth-order valence-corrected chi connectivity index (χ4v) is 1.26. The predicted octanol–water partition coefficient (Wildman–Crippen LogP) is 1.96. The first-order valence-electron chi connectivity index (χ1n) is 4.44. The van der Waals surface area contributed by atoms with Crippen molar-refractivity contribution in [2.24, 2.45) is 0 Å². The number of oxazole rings is 1. The lowest BCUT2D eigenvalue weighted by molar-refractivity contribution is 0.531. The van der Waals surface area contributed by atoms with Gasteiger partial charge < -0.3 is 14.2 Å². The van der Waals surface area contributed by atoms with Crippen LogP contribution < -0.4 is 5.32 Å². The Morgan fingerprint density at radius 3 is 2.86 bits per heavy atom. The SMILES string of the molecule is CNCc1coc(-c2coc(C)c2)n1. The van der Waals surface area contributed by atoms with Crippen molar-refractivity contribution < 1.29 is 8.83 Å². The molecule has 2 rings (SSSR count). The van der Waals surface area contributed by atoms with Gasteiger partial charge in [-0.3, -0.25) is 0 Å². The van der Waals surface area contributed by atoms with Gasteiger partial charge in [0, 0.05) is 6.54 Å². The Kier molecular flexibility index (Phi) is 2.37. The summed E-state index contributed by atoms with van der Waals surface area (Å²) in [6.45, 7) is 2.60. The van der Waals surface area contributed by atoms with Crippen LogP contribution in [-0.2, 0) is 6.54 Å². The van der Waals surface area contributed by atoms with Gasteiger partial charge in [0.2, 0.25) is 5.89 Å². The summed E-state index contributed by atoms with van der Waals surface area (Å²) in [7, 11) is 1.87. The molecule has 0 amide bonds. The van der Waals surface area contributed by atoms with Gasteiger partial charge in [0.05, 0.1) is 11.3 Å². The van der Waals surface area contributed by atoms with Crippen LogP contribution in [0.15, 0.2) is 27.4 Å². The van der Waals surface area contributed by atoms with E-state index in [1.165, 1.54) is 0 Å². The quantitative estimate of drug-likeness (QED) is 0.807. The van der Waals surface area contributed by atoms with Gasteiger partial charge in [-0.05, 0) is 20.0 Å². The highest BCUT2D eigenvalue weighted by Gasteiger charge is 2.08. The molecular formula is C10H12N2O2. The maximum atomic E-state index is 5.31. The number of hydrogen-bond acceptors (Lipinski definition) is 4. The van der Waals surface area contributed by atoms with Gasteiger partial charge in [0.25, 0.3) is 0 Å². The third-order valence-electron chi connectivity index (χ3n) is 1.89. The average molecular weight is 192 g/mol. The van der Waals surface area contributed by atoms with E-state index >= 15 is 0 Å². The first-order chi connectivity index (χ1) is 6.79. The Balaban J connectivity index is 2.24. The fraction of sp³-hybridized carbons (Fsp3) is 0.300. The minimum absolute atomic E-state index is 0.604. The van der Waals surface area contributed by atoms with Gasteiger partial charge in [0.1, 0.15) is 18.3 Å². The van der Waals surface area contributed by atoms with Gasteiger partial charge in [-0.25, -0.2) is 4.98 Å². The summed E-state index contributed by atoms with van der Waals surface area (Å²) in [5.74, 6) is 1.46. The second kappa shape index (κ2) is 3.67. The lowest BCUT2D eigenvalue weighted by Gasteiger charge is -1.88. The average Bonchev–Trinajstić information content (AvgIpc) is 2.74. The molecule has 0 saturated carbocycles. The number of nitrogens with one attached hydrogen (secondary N) is 1. The summed E-state index contributed by atoms with van der Waals surface area (Å²) in [5.41, 5.74) is 1.77. The van der Waals surface area contributed by atoms with Crippen molar-refractivity contribution in [2.75, 3.05) is 7.05 Å². The van der Waals surface area contributed by atoms with Crippen molar-refractivity contribution in [3.05, 3.63) is 30.0 Å². The number of hydrogen-bond donors (Lipinski definition) is 1. The van der Waals surface area contributed by atoms with Crippen molar-refractivity contribution in [3.63, 3.8) is 0 Å². The molecule has 2 heterocycles. The molecule has 0 aromatic carbocycles. The molecule has 2 aromatic rings. The van der Waals surface area contributed by atoms with Gasteiger partial charge in [-0.15, -0.1) is 0 Å². The molecule has 14 heavy (non-hydrogen) atoms. The lowest BCUT2D eigenvalue weighted by Crippen LogP contribution is -2.04. The third kappa shape index (κ3) is 1.70. The molecule has 1 N–H and O–H groups in total. The molecule has 0 bridgehead atoms. The smallest absolute Gasteiger partial charge is 0.229 e. The molecule has 0 unspecified atom stereocenters. The molecule has 0 aliphatic rings. The number of furan rings is 1. The van der Waals surface area contributed by atoms with Crippen LogP contribution in [0, 0.1) is 6.92 Å². The zero-order valence-corrected chi connectivity index (χ0v) is 8.20. The predicted molar refractivity (Wildman–Crippen MR) is 51.7 cm³/mol. The van der Waals surface area contributed by atoms with Crippen LogP contribution in [-0.4, -0.2) is 12.0 Å². The minimum Gasteiger partial charge on any atom is -0.469 e. The highest BCUT2D eigenvalue weighted by Crippen LogP contribution is 2.20. The molecule has 0 radical (unpaired) electrons. The second-order valence-electron chi connectivity index (χ2n) is 3.12. The van der Waals surface area contributed by atoms with E-state index in [2.05, 4.69) is 10.3 Å². The van der Waals surface area contributed by atoms with Crippen molar-refractivity contribution in [1.82, 2.24) is 10.3 Å². The molecule has 74 valence electrons. The van der Waals surface area contributed by atoms with Crippen molar-refractivity contribution >= 4 is 0 Å². The van der Waals surface area contributed by atoms with Crippen molar-refractivity contribution in [3.8, 4) is 11.5 Å². The standard InChI is InChI=1S/C10H12N2O2/c1-7-3-8(5-13-7)10-12-9(4-11-2)6-14-10/h3,5-6,11H,4H2,1-2H3. The van der Waals surface area contributed by atoms with Gasteiger partial charge in [-0.2, -0.15) is 0 Å². The lowest BCUT2D eigenvalue weighted by atomic mass is 10.3. The van der Waals surface area contributed by atoms with E-state index in [1.807, 2.05) is 20.0 Å². The van der Waals surface area contributed by atoms with Crippen LogP contribution in [0.25, 0.3) is 11.5 Å². The van der Waals surface area contributed by atoms with Gasteiger partial charge in [-0.1, -0.05) is 0 Å². The molecule has 0 aliphatic heterocycles. The van der Waals surface area contributed by atoms with E-state index in [0.717, 1.165) is 17.0 Å². The van der Waals surface area contributed by atoms with Crippen molar-refractivity contribution in [2.45, 2.75) is 13.5 Å².